The number of aryl methyl sites for hydroxylation is 3. The maximum absolute atomic E-state index is 12.1. The molecular formula is C16H19N3O. The van der Waals surface area contributed by atoms with Gasteiger partial charge in [0.2, 0.25) is 0 Å². The third-order valence-electron chi connectivity index (χ3n) is 3.81. The second-order valence-corrected chi connectivity index (χ2v) is 5.31. The van der Waals surface area contributed by atoms with E-state index < -0.39 is 0 Å². The molecule has 3 rings (SSSR count). The van der Waals surface area contributed by atoms with Crippen LogP contribution in [0.1, 0.15) is 46.0 Å². The van der Waals surface area contributed by atoms with Crippen LogP contribution in [0.4, 0.5) is 0 Å². The Morgan fingerprint density at radius 2 is 2.10 bits per heavy atom. The summed E-state index contributed by atoms with van der Waals surface area (Å²) in [6, 6.07) is 7.61. The van der Waals surface area contributed by atoms with E-state index in [1.54, 1.807) is 0 Å². The van der Waals surface area contributed by atoms with E-state index in [2.05, 4.69) is 15.3 Å². The number of aromatic amines is 1. The third-order valence-corrected chi connectivity index (χ3v) is 3.81. The molecule has 20 heavy (non-hydrogen) atoms. The molecule has 104 valence electrons. The van der Waals surface area contributed by atoms with Gasteiger partial charge in [0, 0.05) is 11.3 Å². The minimum Gasteiger partial charge on any atom is -0.345 e. The maximum atomic E-state index is 12.1. The van der Waals surface area contributed by atoms with E-state index in [-0.39, 0.29) is 5.91 Å². The fourth-order valence-electron chi connectivity index (χ4n) is 2.68. The van der Waals surface area contributed by atoms with E-state index in [9.17, 15) is 4.79 Å². The van der Waals surface area contributed by atoms with Gasteiger partial charge in [0.15, 0.2) is 0 Å². The van der Waals surface area contributed by atoms with E-state index in [0.717, 1.165) is 29.8 Å². The number of benzene rings is 1. The molecule has 0 bridgehead atoms. The highest BCUT2D eigenvalue weighted by molar-refractivity contribution is 5.95. The molecule has 1 aromatic heterocycles. The highest BCUT2D eigenvalue weighted by Crippen LogP contribution is 2.18. The summed E-state index contributed by atoms with van der Waals surface area (Å²) in [4.78, 5) is 20.0. The van der Waals surface area contributed by atoms with Gasteiger partial charge in [-0.3, -0.25) is 4.79 Å². The van der Waals surface area contributed by atoms with Crippen molar-refractivity contribution in [2.75, 3.05) is 0 Å². The van der Waals surface area contributed by atoms with Crippen molar-refractivity contribution in [3.8, 4) is 0 Å². The minimum atomic E-state index is -0.0440. The molecule has 0 aliphatic heterocycles. The normalized spacial score (nSPS) is 13.8. The van der Waals surface area contributed by atoms with Crippen LogP contribution in [0.15, 0.2) is 24.3 Å². The first-order chi connectivity index (χ1) is 9.74. The predicted molar refractivity (Wildman–Crippen MR) is 77.6 cm³/mol. The van der Waals surface area contributed by atoms with E-state index >= 15 is 0 Å². The Balaban J connectivity index is 1.66. The number of nitrogens with zero attached hydrogens (tertiary/aromatic N) is 1. The molecule has 2 N–H and O–H groups in total. The van der Waals surface area contributed by atoms with Crippen LogP contribution >= 0.6 is 0 Å². The summed E-state index contributed by atoms with van der Waals surface area (Å²) in [6.45, 7) is 2.40. The molecule has 0 unspecified atom stereocenters. The Morgan fingerprint density at radius 3 is 2.90 bits per heavy atom. The van der Waals surface area contributed by atoms with Crippen LogP contribution in [0.5, 0.6) is 0 Å². The first-order valence-electron chi connectivity index (χ1n) is 7.14. The number of rotatable bonds is 3. The van der Waals surface area contributed by atoms with Gasteiger partial charge in [0.25, 0.3) is 5.91 Å². The van der Waals surface area contributed by atoms with Gasteiger partial charge in [-0.05, 0) is 44.2 Å². The highest BCUT2D eigenvalue weighted by atomic mass is 16.1. The van der Waals surface area contributed by atoms with E-state index in [1.165, 1.54) is 24.2 Å². The summed E-state index contributed by atoms with van der Waals surface area (Å²) < 4.78 is 0. The fourth-order valence-corrected chi connectivity index (χ4v) is 2.68. The van der Waals surface area contributed by atoms with Crippen molar-refractivity contribution in [3.05, 3.63) is 52.6 Å². The molecule has 4 heteroatoms. The van der Waals surface area contributed by atoms with Crippen molar-refractivity contribution in [1.82, 2.24) is 15.3 Å². The van der Waals surface area contributed by atoms with Crippen molar-refractivity contribution in [1.29, 1.82) is 0 Å². The first-order valence-corrected chi connectivity index (χ1v) is 7.14. The van der Waals surface area contributed by atoms with E-state index in [4.69, 9.17) is 0 Å². The molecule has 0 spiro atoms. The second-order valence-electron chi connectivity index (χ2n) is 5.31. The van der Waals surface area contributed by atoms with Crippen molar-refractivity contribution in [2.24, 2.45) is 0 Å². The van der Waals surface area contributed by atoms with Crippen LogP contribution in [0.2, 0.25) is 0 Å². The number of hydrogen-bond acceptors (Lipinski definition) is 2. The zero-order valence-corrected chi connectivity index (χ0v) is 11.7. The largest absolute Gasteiger partial charge is 0.345 e. The number of carbonyl (C=O) groups excluding carboxylic acids is 1. The summed E-state index contributed by atoms with van der Waals surface area (Å²) in [7, 11) is 0. The zero-order valence-electron chi connectivity index (χ0n) is 11.7. The Bertz CT molecular complexity index is 607. The van der Waals surface area contributed by atoms with Crippen molar-refractivity contribution in [2.45, 2.75) is 39.2 Å². The topological polar surface area (TPSA) is 57.8 Å². The Hall–Kier alpha value is -2.10. The van der Waals surface area contributed by atoms with E-state index in [0.29, 0.717) is 6.54 Å². The molecule has 0 atom stereocenters. The number of imidazole rings is 1. The Morgan fingerprint density at radius 1 is 1.30 bits per heavy atom. The predicted octanol–water partition coefficient (Wildman–Crippen LogP) is 2.53. The maximum Gasteiger partial charge on any atom is 0.251 e. The quantitative estimate of drug-likeness (QED) is 0.899. The smallest absolute Gasteiger partial charge is 0.251 e. The SMILES string of the molecule is Cc1ccccc1C(=O)NCc1nc2c([nH]1)CCCC2. The molecule has 0 radical (unpaired) electrons. The lowest BCUT2D eigenvalue weighted by Crippen LogP contribution is -2.24. The van der Waals surface area contributed by atoms with Crippen LogP contribution in [-0.4, -0.2) is 15.9 Å². The van der Waals surface area contributed by atoms with Crippen LogP contribution in [0.25, 0.3) is 0 Å². The number of hydrogen-bond donors (Lipinski definition) is 2. The number of nitrogens with one attached hydrogen (secondary N) is 2. The summed E-state index contributed by atoms with van der Waals surface area (Å²) in [5.74, 6) is 0.816. The van der Waals surface area contributed by atoms with Gasteiger partial charge in [0.05, 0.1) is 12.2 Å². The number of H-pyrrole nitrogens is 1. The molecule has 4 nitrogen and oxygen atoms in total. The first kappa shape index (κ1) is 12.9. The molecule has 1 heterocycles. The minimum absolute atomic E-state index is 0.0440. The number of carbonyl (C=O) groups is 1. The molecule has 2 aromatic rings. The van der Waals surface area contributed by atoms with Crippen LogP contribution < -0.4 is 5.32 Å². The average Bonchev–Trinajstić information content (AvgIpc) is 2.88. The zero-order chi connectivity index (χ0) is 13.9. The van der Waals surface area contributed by atoms with Gasteiger partial charge in [0.1, 0.15) is 5.82 Å². The van der Waals surface area contributed by atoms with Crippen molar-refractivity contribution in [3.63, 3.8) is 0 Å². The van der Waals surface area contributed by atoms with Gasteiger partial charge in [-0.2, -0.15) is 0 Å². The highest BCUT2D eigenvalue weighted by Gasteiger charge is 2.15. The Kier molecular flexibility index (Phi) is 3.54. The lowest BCUT2D eigenvalue weighted by molar-refractivity contribution is 0.0949. The number of aromatic nitrogens is 2. The molecule has 1 aliphatic carbocycles. The summed E-state index contributed by atoms with van der Waals surface area (Å²) in [6.07, 6.45) is 4.57. The van der Waals surface area contributed by atoms with Crippen molar-refractivity contribution < 1.29 is 4.79 Å². The van der Waals surface area contributed by atoms with Gasteiger partial charge in [-0.1, -0.05) is 18.2 Å². The molecule has 1 aromatic carbocycles. The lowest BCUT2D eigenvalue weighted by Gasteiger charge is -2.07. The summed E-state index contributed by atoms with van der Waals surface area (Å²) >= 11 is 0. The van der Waals surface area contributed by atoms with Gasteiger partial charge < -0.3 is 10.3 Å². The lowest BCUT2D eigenvalue weighted by atomic mass is 10.0. The monoisotopic (exact) mass is 269 g/mol. The molecule has 0 fully saturated rings. The van der Waals surface area contributed by atoms with Crippen LogP contribution in [0.3, 0.4) is 0 Å². The molecule has 0 saturated heterocycles. The number of fused-ring (bicyclic) bond motifs is 1. The van der Waals surface area contributed by atoms with E-state index in [1.807, 2.05) is 31.2 Å². The molecule has 0 saturated carbocycles. The van der Waals surface area contributed by atoms with Crippen LogP contribution in [0, 0.1) is 6.92 Å². The van der Waals surface area contributed by atoms with Gasteiger partial charge in [-0.25, -0.2) is 4.98 Å². The van der Waals surface area contributed by atoms with Gasteiger partial charge in [-0.15, -0.1) is 0 Å². The summed E-state index contributed by atoms with van der Waals surface area (Å²) in [5.41, 5.74) is 4.14. The molecule has 1 amide bonds. The molecular weight excluding hydrogens is 250 g/mol. The second kappa shape index (κ2) is 5.49. The fraction of sp³-hybridized carbons (Fsp3) is 0.375. The van der Waals surface area contributed by atoms with Crippen molar-refractivity contribution >= 4 is 5.91 Å². The summed E-state index contributed by atoms with van der Waals surface area (Å²) in [5, 5.41) is 2.93. The standard InChI is InChI=1S/C16H19N3O/c1-11-6-2-3-7-12(11)16(20)17-10-15-18-13-8-4-5-9-14(13)19-15/h2-3,6-7H,4-5,8-10H2,1H3,(H,17,20)(H,18,19). The Labute approximate surface area is 118 Å². The number of amides is 1. The molecule has 1 aliphatic rings. The van der Waals surface area contributed by atoms with Gasteiger partial charge >= 0.3 is 0 Å². The average molecular weight is 269 g/mol. The van der Waals surface area contributed by atoms with Crippen LogP contribution in [-0.2, 0) is 19.4 Å². The third kappa shape index (κ3) is 2.59.